The average molecular weight is 277 g/mol. The molecule has 2 aromatic rings. The molecule has 0 aliphatic heterocycles. The van der Waals surface area contributed by atoms with E-state index in [1.807, 2.05) is 6.92 Å². The van der Waals surface area contributed by atoms with Gasteiger partial charge in [-0.1, -0.05) is 13.0 Å². The number of aromatic nitrogens is 2. The zero-order valence-corrected chi connectivity index (χ0v) is 11.1. The molecule has 0 spiro atoms. The van der Waals surface area contributed by atoms with Crippen molar-refractivity contribution in [1.29, 1.82) is 0 Å². The standard InChI is InChI=1S/C14H16FN3O2/c1-2-6-18-9-10(8-16-18)13(14(19)20)17-12-5-3-4-11(15)7-12/h3-5,7-9,13,17H,2,6H2,1H3,(H,19,20). The smallest absolute Gasteiger partial charge is 0.330 e. The maximum absolute atomic E-state index is 13.1. The Kier molecular flexibility index (Phi) is 4.34. The predicted molar refractivity (Wildman–Crippen MR) is 72.9 cm³/mol. The van der Waals surface area contributed by atoms with E-state index in [1.54, 1.807) is 16.9 Å². The van der Waals surface area contributed by atoms with Crippen LogP contribution in [0.25, 0.3) is 0 Å². The molecule has 0 saturated heterocycles. The van der Waals surface area contributed by atoms with Gasteiger partial charge >= 0.3 is 5.97 Å². The molecule has 0 aliphatic rings. The van der Waals surface area contributed by atoms with Gasteiger partial charge in [0.05, 0.1) is 6.20 Å². The number of benzene rings is 1. The highest BCUT2D eigenvalue weighted by Crippen LogP contribution is 2.20. The molecule has 0 amide bonds. The number of carboxylic acid groups (broad SMARTS) is 1. The maximum atomic E-state index is 13.1. The Bertz CT molecular complexity index is 598. The van der Waals surface area contributed by atoms with Crippen LogP contribution in [0, 0.1) is 5.82 Å². The van der Waals surface area contributed by atoms with Crippen LogP contribution >= 0.6 is 0 Å². The first-order valence-electron chi connectivity index (χ1n) is 6.37. The number of nitrogens with one attached hydrogen (secondary N) is 1. The van der Waals surface area contributed by atoms with Crippen molar-refractivity contribution < 1.29 is 14.3 Å². The summed E-state index contributed by atoms with van der Waals surface area (Å²) >= 11 is 0. The zero-order chi connectivity index (χ0) is 14.5. The van der Waals surface area contributed by atoms with E-state index in [0.29, 0.717) is 11.3 Å². The van der Waals surface area contributed by atoms with Crippen molar-refractivity contribution in [2.45, 2.75) is 25.9 Å². The van der Waals surface area contributed by atoms with Gasteiger partial charge in [-0.25, -0.2) is 9.18 Å². The van der Waals surface area contributed by atoms with Crippen molar-refractivity contribution in [2.75, 3.05) is 5.32 Å². The van der Waals surface area contributed by atoms with Crippen molar-refractivity contribution in [2.24, 2.45) is 0 Å². The fraction of sp³-hybridized carbons (Fsp3) is 0.286. The number of anilines is 1. The molecular formula is C14H16FN3O2. The van der Waals surface area contributed by atoms with E-state index < -0.39 is 17.8 Å². The largest absolute Gasteiger partial charge is 0.479 e. The molecule has 0 saturated carbocycles. The van der Waals surface area contributed by atoms with Gasteiger partial charge in [0.1, 0.15) is 5.82 Å². The van der Waals surface area contributed by atoms with Crippen LogP contribution < -0.4 is 5.32 Å². The fourth-order valence-electron chi connectivity index (χ4n) is 1.91. The zero-order valence-electron chi connectivity index (χ0n) is 11.1. The Balaban J connectivity index is 2.20. The molecule has 2 N–H and O–H groups in total. The van der Waals surface area contributed by atoms with E-state index in [0.717, 1.165) is 13.0 Å². The molecule has 20 heavy (non-hydrogen) atoms. The second-order valence-corrected chi connectivity index (χ2v) is 4.46. The van der Waals surface area contributed by atoms with E-state index in [9.17, 15) is 14.3 Å². The van der Waals surface area contributed by atoms with E-state index >= 15 is 0 Å². The Morgan fingerprint density at radius 3 is 3.00 bits per heavy atom. The van der Waals surface area contributed by atoms with Crippen molar-refractivity contribution >= 4 is 11.7 Å². The van der Waals surface area contributed by atoms with Crippen LogP contribution in [0.4, 0.5) is 10.1 Å². The van der Waals surface area contributed by atoms with Crippen LogP contribution in [-0.2, 0) is 11.3 Å². The third kappa shape index (κ3) is 3.34. The summed E-state index contributed by atoms with van der Waals surface area (Å²) in [7, 11) is 0. The molecule has 1 atom stereocenters. The minimum Gasteiger partial charge on any atom is -0.479 e. The third-order valence-electron chi connectivity index (χ3n) is 2.82. The molecular weight excluding hydrogens is 261 g/mol. The Morgan fingerprint density at radius 1 is 1.55 bits per heavy atom. The van der Waals surface area contributed by atoms with E-state index in [2.05, 4.69) is 10.4 Å². The Morgan fingerprint density at radius 2 is 2.35 bits per heavy atom. The highest BCUT2D eigenvalue weighted by Gasteiger charge is 2.21. The number of halogens is 1. The monoisotopic (exact) mass is 277 g/mol. The molecule has 1 aromatic heterocycles. The number of rotatable bonds is 6. The van der Waals surface area contributed by atoms with Crippen LogP contribution in [0.1, 0.15) is 24.9 Å². The first kappa shape index (κ1) is 14.0. The van der Waals surface area contributed by atoms with Gasteiger partial charge in [0.15, 0.2) is 6.04 Å². The Labute approximate surface area is 116 Å². The van der Waals surface area contributed by atoms with Gasteiger partial charge in [-0.15, -0.1) is 0 Å². The van der Waals surface area contributed by atoms with Gasteiger partial charge < -0.3 is 10.4 Å². The second kappa shape index (κ2) is 6.18. The minimum absolute atomic E-state index is 0.416. The summed E-state index contributed by atoms with van der Waals surface area (Å²) in [5.41, 5.74) is 0.954. The lowest BCUT2D eigenvalue weighted by molar-refractivity contribution is -0.138. The number of aliphatic carboxylic acids is 1. The molecule has 1 aromatic carbocycles. The summed E-state index contributed by atoms with van der Waals surface area (Å²) in [5, 5.41) is 16.2. The number of nitrogens with zero attached hydrogens (tertiary/aromatic N) is 2. The van der Waals surface area contributed by atoms with Crippen molar-refractivity contribution in [1.82, 2.24) is 9.78 Å². The molecule has 0 fully saturated rings. The van der Waals surface area contributed by atoms with Crippen LogP contribution in [0.2, 0.25) is 0 Å². The molecule has 2 rings (SSSR count). The van der Waals surface area contributed by atoms with Crippen molar-refractivity contribution in [3.05, 3.63) is 48.0 Å². The molecule has 0 aliphatic carbocycles. The quantitative estimate of drug-likeness (QED) is 0.852. The summed E-state index contributed by atoms with van der Waals surface area (Å²) in [6, 6.07) is 4.75. The number of hydrogen-bond acceptors (Lipinski definition) is 3. The molecule has 6 heteroatoms. The highest BCUT2D eigenvalue weighted by molar-refractivity contribution is 5.79. The molecule has 1 heterocycles. The van der Waals surface area contributed by atoms with Gasteiger partial charge in [0.25, 0.3) is 0 Å². The van der Waals surface area contributed by atoms with Gasteiger partial charge in [0.2, 0.25) is 0 Å². The fourth-order valence-corrected chi connectivity index (χ4v) is 1.91. The Hall–Kier alpha value is -2.37. The molecule has 5 nitrogen and oxygen atoms in total. The van der Waals surface area contributed by atoms with Gasteiger partial charge in [-0.3, -0.25) is 4.68 Å². The lowest BCUT2D eigenvalue weighted by Crippen LogP contribution is -2.20. The molecule has 0 bridgehead atoms. The van der Waals surface area contributed by atoms with Crippen LogP contribution in [0.5, 0.6) is 0 Å². The minimum atomic E-state index is -1.04. The average Bonchev–Trinajstić information content (AvgIpc) is 2.84. The van der Waals surface area contributed by atoms with Crippen LogP contribution in [-0.4, -0.2) is 20.9 Å². The van der Waals surface area contributed by atoms with Crippen molar-refractivity contribution in [3.63, 3.8) is 0 Å². The topological polar surface area (TPSA) is 67.2 Å². The number of aryl methyl sites for hydroxylation is 1. The van der Waals surface area contributed by atoms with Crippen LogP contribution in [0.15, 0.2) is 36.7 Å². The van der Waals surface area contributed by atoms with Gasteiger partial charge in [0, 0.05) is 24.0 Å². The molecule has 0 radical (unpaired) electrons. The lowest BCUT2D eigenvalue weighted by atomic mass is 10.1. The maximum Gasteiger partial charge on any atom is 0.330 e. The lowest BCUT2D eigenvalue weighted by Gasteiger charge is -2.14. The van der Waals surface area contributed by atoms with Crippen molar-refractivity contribution in [3.8, 4) is 0 Å². The molecule has 1 unspecified atom stereocenters. The third-order valence-corrected chi connectivity index (χ3v) is 2.82. The summed E-state index contributed by atoms with van der Waals surface area (Å²) in [5.74, 6) is -1.45. The summed E-state index contributed by atoms with van der Waals surface area (Å²) in [4.78, 5) is 11.4. The van der Waals surface area contributed by atoms with Gasteiger partial charge in [-0.05, 0) is 24.6 Å². The normalized spacial score (nSPS) is 12.1. The molecule has 106 valence electrons. The first-order valence-corrected chi connectivity index (χ1v) is 6.37. The predicted octanol–water partition coefficient (Wildman–Crippen LogP) is 2.67. The number of hydrogen-bond donors (Lipinski definition) is 2. The number of carboxylic acids is 1. The van der Waals surface area contributed by atoms with E-state index in [4.69, 9.17) is 0 Å². The second-order valence-electron chi connectivity index (χ2n) is 4.46. The van der Waals surface area contributed by atoms with Crippen LogP contribution in [0.3, 0.4) is 0 Å². The summed E-state index contributed by atoms with van der Waals surface area (Å²) < 4.78 is 14.8. The highest BCUT2D eigenvalue weighted by atomic mass is 19.1. The number of carbonyl (C=O) groups is 1. The van der Waals surface area contributed by atoms with Gasteiger partial charge in [-0.2, -0.15) is 5.10 Å². The summed E-state index contributed by atoms with van der Waals surface area (Å²) in [6.45, 7) is 2.74. The van der Waals surface area contributed by atoms with E-state index in [-0.39, 0.29) is 0 Å². The van der Waals surface area contributed by atoms with E-state index in [1.165, 1.54) is 24.4 Å². The summed E-state index contributed by atoms with van der Waals surface area (Å²) in [6.07, 6.45) is 4.12. The SMILES string of the molecule is CCCn1cc(C(Nc2cccc(F)c2)C(=O)O)cn1. The first-order chi connectivity index (χ1) is 9.60.